The fraction of sp³-hybridized carbons (Fsp3) is 0.625. The van der Waals surface area contributed by atoms with Crippen LogP contribution in [-0.2, 0) is 11.2 Å². The molecule has 2 heteroatoms. The van der Waals surface area contributed by atoms with Crippen LogP contribution in [0.1, 0.15) is 25.3 Å². The van der Waals surface area contributed by atoms with Crippen LogP contribution in [0.25, 0.3) is 0 Å². The molecule has 1 aliphatic rings. The monoisotopic (exact) mass is 247 g/mol. The van der Waals surface area contributed by atoms with Crippen LogP contribution >= 0.6 is 0 Å². The summed E-state index contributed by atoms with van der Waals surface area (Å²) in [7, 11) is 1.80. The van der Waals surface area contributed by atoms with Gasteiger partial charge in [0.2, 0.25) is 0 Å². The molecule has 0 saturated carbocycles. The number of nitrogens with one attached hydrogen (secondary N) is 1. The van der Waals surface area contributed by atoms with Gasteiger partial charge in [-0.1, -0.05) is 37.3 Å². The van der Waals surface area contributed by atoms with Gasteiger partial charge in [-0.15, -0.1) is 0 Å². The molecule has 0 aromatic heterocycles. The van der Waals surface area contributed by atoms with Crippen molar-refractivity contribution in [2.45, 2.75) is 26.2 Å². The van der Waals surface area contributed by atoms with Crippen LogP contribution in [0.2, 0.25) is 0 Å². The summed E-state index contributed by atoms with van der Waals surface area (Å²) in [6.07, 6.45) is 3.60. The van der Waals surface area contributed by atoms with Crippen LogP contribution in [0.5, 0.6) is 0 Å². The van der Waals surface area contributed by atoms with Gasteiger partial charge in [-0.2, -0.15) is 0 Å². The van der Waals surface area contributed by atoms with E-state index in [4.69, 9.17) is 4.74 Å². The van der Waals surface area contributed by atoms with Crippen LogP contribution in [0.3, 0.4) is 0 Å². The van der Waals surface area contributed by atoms with Gasteiger partial charge in [-0.05, 0) is 49.2 Å². The maximum Gasteiger partial charge on any atom is 0.0467 e. The Bertz CT molecular complexity index is 351. The fourth-order valence-corrected chi connectivity index (χ4v) is 2.98. The normalized spacial score (nSPS) is 28.2. The second kappa shape index (κ2) is 6.35. The van der Waals surface area contributed by atoms with E-state index in [0.717, 1.165) is 19.7 Å². The number of hydrogen-bond acceptors (Lipinski definition) is 2. The minimum Gasteiger partial charge on any atom is -0.385 e. The third-order valence-corrected chi connectivity index (χ3v) is 4.45. The number of benzene rings is 1. The zero-order valence-corrected chi connectivity index (χ0v) is 11.6. The molecular formula is C16H25NO. The van der Waals surface area contributed by atoms with Gasteiger partial charge in [0.1, 0.15) is 0 Å². The summed E-state index contributed by atoms with van der Waals surface area (Å²) in [5.41, 5.74) is 1.87. The maximum atomic E-state index is 5.29. The maximum absolute atomic E-state index is 5.29. The third-order valence-electron chi connectivity index (χ3n) is 4.45. The second-order valence-corrected chi connectivity index (χ2v) is 5.74. The summed E-state index contributed by atoms with van der Waals surface area (Å²) in [5, 5.41) is 3.55. The summed E-state index contributed by atoms with van der Waals surface area (Å²) >= 11 is 0. The first-order chi connectivity index (χ1) is 8.74. The van der Waals surface area contributed by atoms with Crippen molar-refractivity contribution in [3.8, 4) is 0 Å². The van der Waals surface area contributed by atoms with Crippen molar-refractivity contribution >= 4 is 0 Å². The largest absolute Gasteiger partial charge is 0.385 e. The molecule has 0 aliphatic carbocycles. The highest BCUT2D eigenvalue weighted by Crippen LogP contribution is 2.38. The van der Waals surface area contributed by atoms with E-state index in [1.807, 2.05) is 0 Å². The molecule has 1 N–H and O–H groups in total. The molecular weight excluding hydrogens is 222 g/mol. The molecule has 0 spiro atoms. The summed E-state index contributed by atoms with van der Waals surface area (Å²) in [4.78, 5) is 0. The summed E-state index contributed by atoms with van der Waals surface area (Å²) < 4.78 is 5.29. The molecule has 2 unspecified atom stereocenters. The van der Waals surface area contributed by atoms with Crippen LogP contribution in [0.4, 0.5) is 0 Å². The average molecular weight is 247 g/mol. The van der Waals surface area contributed by atoms with Crippen molar-refractivity contribution in [1.29, 1.82) is 0 Å². The molecule has 2 nitrogen and oxygen atoms in total. The quantitative estimate of drug-likeness (QED) is 0.864. The topological polar surface area (TPSA) is 21.3 Å². The molecule has 100 valence electrons. The van der Waals surface area contributed by atoms with Crippen LogP contribution in [0.15, 0.2) is 30.3 Å². The number of ether oxygens (including phenoxy) is 1. The molecule has 18 heavy (non-hydrogen) atoms. The summed E-state index contributed by atoms with van der Waals surface area (Å²) in [6, 6.07) is 10.8. The predicted octanol–water partition coefficient (Wildman–Crippen LogP) is 2.88. The number of hydrogen-bond donors (Lipinski definition) is 1. The van der Waals surface area contributed by atoms with Crippen molar-refractivity contribution < 1.29 is 4.74 Å². The highest BCUT2D eigenvalue weighted by Gasteiger charge is 2.35. The Morgan fingerprint density at radius 3 is 2.83 bits per heavy atom. The van der Waals surface area contributed by atoms with E-state index >= 15 is 0 Å². The Morgan fingerprint density at radius 2 is 2.11 bits per heavy atom. The third kappa shape index (κ3) is 3.33. The van der Waals surface area contributed by atoms with E-state index in [2.05, 4.69) is 42.6 Å². The summed E-state index contributed by atoms with van der Waals surface area (Å²) in [6.45, 7) is 5.59. The number of rotatable bonds is 5. The van der Waals surface area contributed by atoms with Crippen molar-refractivity contribution in [2.24, 2.45) is 11.3 Å². The van der Waals surface area contributed by atoms with E-state index in [9.17, 15) is 0 Å². The lowest BCUT2D eigenvalue weighted by Crippen LogP contribution is -2.45. The molecule has 2 rings (SSSR count). The van der Waals surface area contributed by atoms with Gasteiger partial charge in [0, 0.05) is 13.7 Å². The highest BCUT2D eigenvalue weighted by atomic mass is 16.5. The lowest BCUT2D eigenvalue weighted by Gasteiger charge is -2.42. The Hall–Kier alpha value is -0.860. The van der Waals surface area contributed by atoms with E-state index in [1.54, 1.807) is 7.11 Å². The zero-order valence-electron chi connectivity index (χ0n) is 11.6. The Labute approximate surface area is 111 Å². The highest BCUT2D eigenvalue weighted by molar-refractivity contribution is 5.16. The molecule has 0 radical (unpaired) electrons. The first kappa shape index (κ1) is 13.6. The van der Waals surface area contributed by atoms with Crippen LogP contribution in [-0.4, -0.2) is 26.8 Å². The van der Waals surface area contributed by atoms with Crippen molar-refractivity contribution in [1.82, 2.24) is 5.32 Å². The van der Waals surface area contributed by atoms with Gasteiger partial charge >= 0.3 is 0 Å². The predicted molar refractivity (Wildman–Crippen MR) is 75.7 cm³/mol. The van der Waals surface area contributed by atoms with Crippen LogP contribution in [0, 0.1) is 11.3 Å². The van der Waals surface area contributed by atoms with Gasteiger partial charge in [-0.25, -0.2) is 0 Å². The molecule has 1 aromatic carbocycles. The van der Waals surface area contributed by atoms with Crippen molar-refractivity contribution in [3.63, 3.8) is 0 Å². The van der Waals surface area contributed by atoms with Gasteiger partial charge in [0.05, 0.1) is 0 Å². The Morgan fingerprint density at radius 1 is 1.33 bits per heavy atom. The first-order valence-electron chi connectivity index (χ1n) is 6.98. The van der Waals surface area contributed by atoms with Crippen molar-refractivity contribution in [3.05, 3.63) is 35.9 Å². The first-order valence-corrected chi connectivity index (χ1v) is 6.98. The molecule has 0 amide bonds. The minimum atomic E-state index is 0.414. The number of piperidine rings is 1. The summed E-state index contributed by atoms with van der Waals surface area (Å²) in [5.74, 6) is 0.712. The van der Waals surface area contributed by atoms with Gasteiger partial charge in [0.25, 0.3) is 0 Å². The molecule has 2 atom stereocenters. The van der Waals surface area contributed by atoms with Gasteiger partial charge in [0.15, 0.2) is 0 Å². The van der Waals surface area contributed by atoms with Gasteiger partial charge < -0.3 is 10.1 Å². The lowest BCUT2D eigenvalue weighted by molar-refractivity contribution is 0.0724. The molecule has 0 bridgehead atoms. The Kier molecular flexibility index (Phi) is 4.79. The molecule has 1 fully saturated rings. The van der Waals surface area contributed by atoms with Gasteiger partial charge in [-0.3, -0.25) is 0 Å². The smallest absolute Gasteiger partial charge is 0.0467 e. The second-order valence-electron chi connectivity index (χ2n) is 5.74. The fourth-order valence-electron chi connectivity index (χ4n) is 2.98. The lowest BCUT2D eigenvalue weighted by atomic mass is 9.68. The number of methoxy groups -OCH3 is 1. The molecule has 1 aromatic rings. The van der Waals surface area contributed by atoms with E-state index in [1.165, 1.54) is 24.8 Å². The molecule has 1 saturated heterocycles. The Balaban J connectivity index is 2.03. The zero-order chi connectivity index (χ0) is 12.8. The van der Waals surface area contributed by atoms with E-state index in [0.29, 0.717) is 11.3 Å². The standard InChI is InChI=1S/C16H25NO/c1-16(9-11-18-2)8-10-17-13-15(16)12-14-6-4-3-5-7-14/h3-7,15,17H,8-13H2,1-2H3. The van der Waals surface area contributed by atoms with E-state index < -0.39 is 0 Å². The van der Waals surface area contributed by atoms with E-state index in [-0.39, 0.29) is 0 Å². The van der Waals surface area contributed by atoms with Crippen LogP contribution < -0.4 is 5.32 Å². The van der Waals surface area contributed by atoms with Crippen molar-refractivity contribution in [2.75, 3.05) is 26.8 Å². The minimum absolute atomic E-state index is 0.414. The molecule has 1 heterocycles. The average Bonchev–Trinajstić information content (AvgIpc) is 2.41. The SMILES string of the molecule is COCCC1(C)CCNCC1Cc1ccccc1. The molecule has 1 aliphatic heterocycles.